The van der Waals surface area contributed by atoms with E-state index in [1.165, 1.54) is 5.69 Å². The molecule has 2 aromatic heterocycles. The number of aromatic nitrogens is 2. The number of halogens is 1. The van der Waals surface area contributed by atoms with E-state index in [0.29, 0.717) is 6.54 Å². The molecule has 0 amide bonds. The predicted octanol–water partition coefficient (Wildman–Crippen LogP) is 2.28. The van der Waals surface area contributed by atoms with E-state index < -0.39 is 0 Å². The zero-order chi connectivity index (χ0) is 18.8. The Morgan fingerprint density at radius 1 is 1.30 bits per heavy atom. The van der Waals surface area contributed by atoms with Gasteiger partial charge in [0.2, 0.25) is 0 Å². The molecule has 2 heterocycles. The monoisotopic (exact) mass is 488 g/mol. The number of nitrogens with one attached hydrogen (secondary N) is 2. The minimum atomic E-state index is 0. The maximum absolute atomic E-state index is 5.09. The quantitative estimate of drug-likeness (QED) is 0.233. The molecule has 0 aliphatic heterocycles. The Kier molecular flexibility index (Phi) is 11.3. The number of nitrogens with zero attached hydrogens (tertiary/aromatic N) is 4. The lowest BCUT2D eigenvalue weighted by molar-refractivity contribution is 0.180. The van der Waals surface area contributed by atoms with Crippen LogP contribution in [0.4, 0.5) is 0 Å². The van der Waals surface area contributed by atoms with Crippen LogP contribution in [0.25, 0.3) is 5.65 Å². The summed E-state index contributed by atoms with van der Waals surface area (Å²) in [6.07, 6.45) is 3.11. The lowest BCUT2D eigenvalue weighted by atomic mass is 10.4. The first-order valence-corrected chi connectivity index (χ1v) is 9.27. The Hall–Kier alpha value is -1.39. The molecule has 0 spiro atoms. The van der Waals surface area contributed by atoms with Gasteiger partial charge in [-0.15, -0.1) is 24.0 Å². The standard InChI is InChI=1S/C19H32N6O.HI/c1-5-20-19(21-10-12-24(3)11-7-13-26-4)22-14-17-15-25-16(2)8-6-9-18(25)23-17;/h6,8-9,15H,5,7,10-14H2,1-4H3,(H2,20,21,22);1H. The van der Waals surface area contributed by atoms with Crippen molar-refractivity contribution in [3.05, 3.63) is 35.8 Å². The number of aliphatic imine (C=N–C) groups is 1. The number of imidazole rings is 1. The van der Waals surface area contributed by atoms with Crippen molar-refractivity contribution in [2.75, 3.05) is 46.9 Å². The molecule has 7 nitrogen and oxygen atoms in total. The molecule has 2 rings (SSSR count). The van der Waals surface area contributed by atoms with E-state index >= 15 is 0 Å². The number of rotatable bonds is 10. The minimum Gasteiger partial charge on any atom is -0.385 e. The Morgan fingerprint density at radius 3 is 2.81 bits per heavy atom. The zero-order valence-electron chi connectivity index (χ0n) is 16.9. The SMILES string of the molecule is CCNC(=NCc1cn2c(C)cccc2n1)NCCN(C)CCCOC.I. The second-order valence-corrected chi connectivity index (χ2v) is 6.40. The second-order valence-electron chi connectivity index (χ2n) is 6.40. The molecule has 0 saturated heterocycles. The molecule has 152 valence electrons. The Morgan fingerprint density at radius 2 is 2.11 bits per heavy atom. The zero-order valence-corrected chi connectivity index (χ0v) is 19.2. The number of guanidine groups is 1. The van der Waals surface area contributed by atoms with E-state index in [0.717, 1.165) is 56.5 Å². The highest BCUT2D eigenvalue weighted by molar-refractivity contribution is 14.0. The van der Waals surface area contributed by atoms with Crippen LogP contribution >= 0.6 is 24.0 Å². The third-order valence-electron chi connectivity index (χ3n) is 4.16. The predicted molar refractivity (Wildman–Crippen MR) is 122 cm³/mol. The van der Waals surface area contributed by atoms with Gasteiger partial charge in [0, 0.05) is 51.8 Å². The highest BCUT2D eigenvalue weighted by Crippen LogP contribution is 2.09. The van der Waals surface area contributed by atoms with E-state index in [4.69, 9.17) is 4.74 Å². The summed E-state index contributed by atoms with van der Waals surface area (Å²) in [7, 11) is 3.87. The second kappa shape index (κ2) is 12.9. The molecular weight excluding hydrogens is 455 g/mol. The molecule has 0 saturated carbocycles. The van der Waals surface area contributed by atoms with Crippen molar-refractivity contribution in [2.24, 2.45) is 4.99 Å². The average molecular weight is 488 g/mol. The molecule has 0 atom stereocenters. The molecule has 0 unspecified atom stereocenters. The topological polar surface area (TPSA) is 66.2 Å². The molecule has 0 aliphatic rings. The molecule has 0 radical (unpaired) electrons. The van der Waals surface area contributed by atoms with Crippen LogP contribution in [-0.2, 0) is 11.3 Å². The lowest BCUT2D eigenvalue weighted by Gasteiger charge is -2.18. The molecule has 8 heteroatoms. The van der Waals surface area contributed by atoms with Crippen LogP contribution in [0.3, 0.4) is 0 Å². The largest absolute Gasteiger partial charge is 0.385 e. The fraction of sp³-hybridized carbons (Fsp3) is 0.579. The first-order valence-electron chi connectivity index (χ1n) is 9.27. The van der Waals surface area contributed by atoms with E-state index in [1.54, 1.807) is 7.11 Å². The molecule has 0 aromatic carbocycles. The van der Waals surface area contributed by atoms with Gasteiger partial charge >= 0.3 is 0 Å². The third-order valence-corrected chi connectivity index (χ3v) is 4.16. The van der Waals surface area contributed by atoms with E-state index in [9.17, 15) is 0 Å². The molecule has 0 bridgehead atoms. The third kappa shape index (κ3) is 8.02. The Bertz CT molecular complexity index is 703. The average Bonchev–Trinajstić information content (AvgIpc) is 3.04. The first-order chi connectivity index (χ1) is 12.6. The molecular formula is C19H33IN6O. The summed E-state index contributed by atoms with van der Waals surface area (Å²) in [5.41, 5.74) is 3.10. The smallest absolute Gasteiger partial charge is 0.191 e. The maximum atomic E-state index is 5.09. The van der Waals surface area contributed by atoms with Gasteiger partial charge in [0.1, 0.15) is 5.65 Å². The van der Waals surface area contributed by atoms with Crippen molar-refractivity contribution in [1.82, 2.24) is 24.9 Å². The normalized spacial score (nSPS) is 11.7. The van der Waals surface area contributed by atoms with Crippen LogP contribution in [0.15, 0.2) is 29.4 Å². The number of likely N-dealkylation sites (N-methyl/N-ethyl adjacent to an activating group) is 1. The van der Waals surface area contributed by atoms with Gasteiger partial charge in [-0.3, -0.25) is 0 Å². The molecule has 0 aliphatic carbocycles. The van der Waals surface area contributed by atoms with Gasteiger partial charge in [-0.25, -0.2) is 9.98 Å². The van der Waals surface area contributed by atoms with Gasteiger partial charge in [0.15, 0.2) is 5.96 Å². The van der Waals surface area contributed by atoms with Gasteiger partial charge in [-0.05, 0) is 39.4 Å². The van der Waals surface area contributed by atoms with Crippen LogP contribution in [0.2, 0.25) is 0 Å². The highest BCUT2D eigenvalue weighted by Gasteiger charge is 2.04. The number of aryl methyl sites for hydroxylation is 1. The number of fused-ring (bicyclic) bond motifs is 1. The summed E-state index contributed by atoms with van der Waals surface area (Å²) < 4.78 is 7.19. The van der Waals surface area contributed by atoms with Crippen molar-refractivity contribution < 1.29 is 4.74 Å². The fourth-order valence-electron chi connectivity index (χ4n) is 2.73. The number of hydrogen-bond donors (Lipinski definition) is 2. The van der Waals surface area contributed by atoms with Crippen molar-refractivity contribution >= 4 is 35.6 Å². The summed E-state index contributed by atoms with van der Waals surface area (Å²) in [6.45, 7) is 9.18. The van der Waals surface area contributed by atoms with Crippen molar-refractivity contribution in [1.29, 1.82) is 0 Å². The summed E-state index contributed by atoms with van der Waals surface area (Å²) in [5.74, 6) is 0.826. The van der Waals surface area contributed by atoms with Crippen LogP contribution in [0, 0.1) is 6.92 Å². The van der Waals surface area contributed by atoms with E-state index in [-0.39, 0.29) is 24.0 Å². The lowest BCUT2D eigenvalue weighted by Crippen LogP contribution is -2.41. The maximum Gasteiger partial charge on any atom is 0.191 e. The van der Waals surface area contributed by atoms with Crippen LogP contribution < -0.4 is 10.6 Å². The van der Waals surface area contributed by atoms with Crippen LogP contribution in [0.5, 0.6) is 0 Å². The number of pyridine rings is 1. The van der Waals surface area contributed by atoms with E-state index in [2.05, 4.69) is 63.1 Å². The Labute approximate surface area is 179 Å². The molecule has 2 N–H and O–H groups in total. The van der Waals surface area contributed by atoms with Crippen molar-refractivity contribution in [2.45, 2.75) is 26.8 Å². The summed E-state index contributed by atoms with van der Waals surface area (Å²) >= 11 is 0. The van der Waals surface area contributed by atoms with Gasteiger partial charge in [0.05, 0.1) is 12.2 Å². The van der Waals surface area contributed by atoms with Crippen LogP contribution in [-0.4, -0.2) is 67.2 Å². The van der Waals surface area contributed by atoms with Crippen molar-refractivity contribution in [3.8, 4) is 0 Å². The molecule has 0 fully saturated rings. The summed E-state index contributed by atoms with van der Waals surface area (Å²) in [5, 5.41) is 6.68. The summed E-state index contributed by atoms with van der Waals surface area (Å²) in [4.78, 5) is 11.6. The highest BCUT2D eigenvalue weighted by atomic mass is 127. The van der Waals surface area contributed by atoms with Gasteiger partial charge in [-0.2, -0.15) is 0 Å². The number of methoxy groups -OCH3 is 1. The van der Waals surface area contributed by atoms with Gasteiger partial charge in [0.25, 0.3) is 0 Å². The van der Waals surface area contributed by atoms with Gasteiger partial charge < -0.3 is 24.7 Å². The van der Waals surface area contributed by atoms with Gasteiger partial charge in [-0.1, -0.05) is 6.07 Å². The minimum absolute atomic E-state index is 0. The van der Waals surface area contributed by atoms with E-state index in [1.807, 2.05) is 12.1 Å². The number of hydrogen-bond acceptors (Lipinski definition) is 4. The fourth-order valence-corrected chi connectivity index (χ4v) is 2.73. The molecule has 2 aromatic rings. The molecule has 27 heavy (non-hydrogen) atoms. The Balaban J connectivity index is 0.00000364. The summed E-state index contributed by atoms with van der Waals surface area (Å²) in [6, 6.07) is 6.12. The van der Waals surface area contributed by atoms with Crippen LogP contribution in [0.1, 0.15) is 24.7 Å². The first kappa shape index (κ1) is 23.6. The number of ether oxygens (including phenoxy) is 1. The van der Waals surface area contributed by atoms with Crippen molar-refractivity contribution in [3.63, 3.8) is 0 Å².